The molecule has 27 heavy (non-hydrogen) atoms. The third-order valence-corrected chi connectivity index (χ3v) is 5.19. The minimum atomic E-state index is -0.874. The lowest BCUT2D eigenvalue weighted by atomic mass is 9.70. The third-order valence-electron chi connectivity index (χ3n) is 5.19. The van der Waals surface area contributed by atoms with Gasteiger partial charge in [-0.25, -0.2) is 4.79 Å². The molecule has 0 spiro atoms. The lowest BCUT2D eigenvalue weighted by Gasteiger charge is -2.36. The molecule has 7 nitrogen and oxygen atoms in total. The van der Waals surface area contributed by atoms with E-state index < -0.39 is 23.8 Å². The van der Waals surface area contributed by atoms with Crippen molar-refractivity contribution < 1.29 is 28.7 Å². The van der Waals surface area contributed by atoms with Crippen molar-refractivity contribution in [3.8, 4) is 0 Å². The van der Waals surface area contributed by atoms with Gasteiger partial charge in [-0.2, -0.15) is 0 Å². The number of methoxy groups -OCH3 is 2. The molecule has 0 saturated carbocycles. The maximum atomic E-state index is 13.1. The van der Waals surface area contributed by atoms with Gasteiger partial charge in [0.15, 0.2) is 5.78 Å². The fraction of sp³-hybridized carbons (Fsp3) is 0.400. The minimum Gasteiger partial charge on any atom is -0.468 e. The van der Waals surface area contributed by atoms with Crippen molar-refractivity contribution in [3.05, 3.63) is 46.7 Å². The summed E-state index contributed by atoms with van der Waals surface area (Å²) in [4.78, 5) is 49.0. The minimum absolute atomic E-state index is 0.102. The molecule has 0 unspecified atom stereocenters. The predicted molar refractivity (Wildman–Crippen MR) is 94.6 cm³/mol. The van der Waals surface area contributed by atoms with Crippen LogP contribution in [0, 0.1) is 11.8 Å². The van der Waals surface area contributed by atoms with E-state index >= 15 is 0 Å². The molecule has 3 atom stereocenters. The number of carbonyl (C=O) groups is 4. The van der Waals surface area contributed by atoms with Gasteiger partial charge in [0.1, 0.15) is 5.92 Å². The maximum Gasteiger partial charge on any atom is 0.337 e. The van der Waals surface area contributed by atoms with Crippen LogP contribution in [-0.4, -0.2) is 37.8 Å². The number of benzene rings is 1. The average molecular weight is 371 g/mol. The molecule has 0 fully saturated rings. The number of Topliss-reactive ketones (excluding diaryl/α,β-unsaturated/α-hetero) is 1. The van der Waals surface area contributed by atoms with Crippen molar-refractivity contribution in [1.82, 2.24) is 5.32 Å². The number of rotatable bonds is 3. The molecule has 1 aromatic carbocycles. The Morgan fingerprint density at radius 1 is 1.04 bits per heavy atom. The zero-order valence-corrected chi connectivity index (χ0v) is 15.4. The van der Waals surface area contributed by atoms with Crippen molar-refractivity contribution in [2.45, 2.75) is 25.7 Å². The van der Waals surface area contributed by atoms with Crippen molar-refractivity contribution in [2.75, 3.05) is 14.2 Å². The summed E-state index contributed by atoms with van der Waals surface area (Å²) in [5.74, 6) is -3.10. The molecular formula is C20H21NO6. The fourth-order valence-electron chi connectivity index (χ4n) is 3.85. The SMILES string of the molecule is COC(=O)c1ccc([C@H]2CC(=O)NC3=C2C(=O)[C@H](C(=O)OC)[C@H](C)C3)cc1. The Bertz CT molecular complexity index is 839. The van der Waals surface area contributed by atoms with Crippen LogP contribution in [-0.2, 0) is 23.9 Å². The molecule has 1 aliphatic carbocycles. The third kappa shape index (κ3) is 3.37. The molecule has 1 aliphatic heterocycles. The molecule has 1 N–H and O–H groups in total. The number of carbonyl (C=O) groups excluding carboxylic acids is 4. The number of esters is 2. The first kappa shape index (κ1) is 18.8. The van der Waals surface area contributed by atoms with Crippen LogP contribution in [0.4, 0.5) is 0 Å². The van der Waals surface area contributed by atoms with E-state index in [9.17, 15) is 19.2 Å². The summed E-state index contributed by atoms with van der Waals surface area (Å²) in [6.07, 6.45) is 0.522. The summed E-state index contributed by atoms with van der Waals surface area (Å²) in [7, 11) is 2.56. The lowest BCUT2D eigenvalue weighted by molar-refractivity contribution is -0.151. The van der Waals surface area contributed by atoms with Gasteiger partial charge in [0.25, 0.3) is 0 Å². The molecule has 142 valence electrons. The van der Waals surface area contributed by atoms with Gasteiger partial charge in [0.05, 0.1) is 19.8 Å². The van der Waals surface area contributed by atoms with Crippen molar-refractivity contribution >= 4 is 23.6 Å². The van der Waals surface area contributed by atoms with E-state index in [1.165, 1.54) is 14.2 Å². The van der Waals surface area contributed by atoms with Crippen LogP contribution in [0.5, 0.6) is 0 Å². The Labute approximate surface area is 156 Å². The predicted octanol–water partition coefficient (Wildman–Crippen LogP) is 1.73. The average Bonchev–Trinajstić information content (AvgIpc) is 2.66. The summed E-state index contributed by atoms with van der Waals surface area (Å²) >= 11 is 0. The van der Waals surface area contributed by atoms with E-state index in [1.54, 1.807) is 31.2 Å². The van der Waals surface area contributed by atoms with Gasteiger partial charge in [-0.15, -0.1) is 0 Å². The monoisotopic (exact) mass is 371 g/mol. The zero-order valence-electron chi connectivity index (χ0n) is 15.4. The first-order chi connectivity index (χ1) is 12.9. The Hall–Kier alpha value is -2.96. The van der Waals surface area contributed by atoms with Gasteiger partial charge in [0.2, 0.25) is 5.91 Å². The highest BCUT2D eigenvalue weighted by Crippen LogP contribution is 2.42. The van der Waals surface area contributed by atoms with Crippen LogP contribution in [0.25, 0.3) is 0 Å². The highest BCUT2D eigenvalue weighted by Gasteiger charge is 2.45. The summed E-state index contributed by atoms with van der Waals surface area (Å²) in [5, 5.41) is 2.79. The number of amides is 1. The molecule has 0 radical (unpaired) electrons. The molecule has 0 saturated heterocycles. The first-order valence-electron chi connectivity index (χ1n) is 8.70. The van der Waals surface area contributed by atoms with E-state index in [0.29, 0.717) is 23.3 Å². The number of hydrogen-bond donors (Lipinski definition) is 1. The zero-order chi connectivity index (χ0) is 19.7. The Balaban J connectivity index is 2.01. The lowest BCUT2D eigenvalue weighted by Crippen LogP contribution is -2.44. The highest BCUT2D eigenvalue weighted by atomic mass is 16.5. The molecule has 0 bridgehead atoms. The van der Waals surface area contributed by atoms with E-state index in [4.69, 9.17) is 4.74 Å². The van der Waals surface area contributed by atoms with Crippen LogP contribution in [0.1, 0.15) is 41.6 Å². The number of allylic oxidation sites excluding steroid dienone is 2. The number of nitrogens with one attached hydrogen (secondary N) is 1. The van der Waals surface area contributed by atoms with E-state index in [2.05, 4.69) is 10.1 Å². The molecular weight excluding hydrogens is 350 g/mol. The second kappa shape index (κ2) is 7.34. The molecule has 1 heterocycles. The molecule has 0 aromatic heterocycles. The van der Waals surface area contributed by atoms with Crippen molar-refractivity contribution in [2.24, 2.45) is 11.8 Å². The van der Waals surface area contributed by atoms with Crippen molar-refractivity contribution in [1.29, 1.82) is 0 Å². The van der Waals surface area contributed by atoms with Gasteiger partial charge >= 0.3 is 11.9 Å². The Morgan fingerprint density at radius 3 is 2.30 bits per heavy atom. The van der Waals surface area contributed by atoms with Gasteiger partial charge in [-0.1, -0.05) is 19.1 Å². The van der Waals surface area contributed by atoms with Crippen LogP contribution in [0.15, 0.2) is 35.5 Å². The van der Waals surface area contributed by atoms with Crippen LogP contribution < -0.4 is 5.32 Å². The Morgan fingerprint density at radius 2 is 1.70 bits per heavy atom. The van der Waals surface area contributed by atoms with Crippen LogP contribution >= 0.6 is 0 Å². The molecule has 3 rings (SSSR count). The molecule has 7 heteroatoms. The van der Waals surface area contributed by atoms with Gasteiger partial charge in [0, 0.05) is 23.6 Å². The quantitative estimate of drug-likeness (QED) is 0.642. The number of ether oxygens (including phenoxy) is 2. The standard InChI is InChI=1S/C20H21NO6/c1-10-8-14-17(18(23)16(10)20(25)27-3)13(9-15(22)21-14)11-4-6-12(7-5-11)19(24)26-2/h4-7,10,13,16H,8-9H2,1-3H3,(H,21,22)/t10-,13-,16-/m1/s1. The maximum absolute atomic E-state index is 13.1. The Kier molecular flexibility index (Phi) is 5.12. The first-order valence-corrected chi connectivity index (χ1v) is 8.70. The van der Waals surface area contributed by atoms with Gasteiger partial charge < -0.3 is 14.8 Å². The summed E-state index contributed by atoms with van der Waals surface area (Å²) in [6.45, 7) is 1.80. The number of hydrogen-bond acceptors (Lipinski definition) is 6. The van der Waals surface area contributed by atoms with E-state index in [-0.39, 0.29) is 24.0 Å². The van der Waals surface area contributed by atoms with Crippen LogP contribution in [0.3, 0.4) is 0 Å². The normalized spacial score (nSPS) is 24.8. The van der Waals surface area contributed by atoms with E-state index in [0.717, 1.165) is 5.56 Å². The summed E-state index contributed by atoms with van der Waals surface area (Å²) in [5.41, 5.74) is 2.14. The van der Waals surface area contributed by atoms with E-state index in [1.807, 2.05) is 0 Å². The smallest absolute Gasteiger partial charge is 0.337 e. The molecule has 2 aliphatic rings. The van der Waals surface area contributed by atoms with Crippen LogP contribution in [0.2, 0.25) is 0 Å². The second-order valence-electron chi connectivity index (χ2n) is 6.86. The largest absolute Gasteiger partial charge is 0.468 e. The second-order valence-corrected chi connectivity index (χ2v) is 6.86. The molecule has 1 amide bonds. The number of ketones is 1. The molecule has 1 aromatic rings. The van der Waals surface area contributed by atoms with Crippen molar-refractivity contribution in [3.63, 3.8) is 0 Å². The van der Waals surface area contributed by atoms with Gasteiger partial charge in [-0.3, -0.25) is 14.4 Å². The topological polar surface area (TPSA) is 98.8 Å². The fourth-order valence-corrected chi connectivity index (χ4v) is 3.85. The highest BCUT2D eigenvalue weighted by molar-refractivity contribution is 6.11. The summed E-state index contributed by atoms with van der Waals surface area (Å²) < 4.78 is 9.49. The summed E-state index contributed by atoms with van der Waals surface area (Å²) in [6, 6.07) is 6.61. The van der Waals surface area contributed by atoms with Gasteiger partial charge in [-0.05, 0) is 30.0 Å².